The second-order valence-corrected chi connectivity index (χ2v) is 4.60. The van der Waals surface area contributed by atoms with Gasteiger partial charge in [-0.15, -0.1) is 0 Å². The largest absolute Gasteiger partial charge is 0.495 e. The SMILES string of the molecule is CCC(CO)CNc1cc(Br)ccc1OC. The van der Waals surface area contributed by atoms with Crippen molar-refractivity contribution >= 4 is 21.6 Å². The molecule has 0 aliphatic heterocycles. The molecular weight excluding hydrogens is 270 g/mol. The molecule has 0 radical (unpaired) electrons. The summed E-state index contributed by atoms with van der Waals surface area (Å²) < 4.78 is 6.26. The Morgan fingerprint density at radius 3 is 2.81 bits per heavy atom. The van der Waals surface area contributed by atoms with Gasteiger partial charge in [-0.05, 0) is 30.5 Å². The molecule has 0 aliphatic rings. The predicted octanol–water partition coefficient (Wildman–Crippen LogP) is 2.89. The quantitative estimate of drug-likeness (QED) is 0.845. The molecule has 2 N–H and O–H groups in total. The van der Waals surface area contributed by atoms with Crippen molar-refractivity contribution in [2.24, 2.45) is 5.92 Å². The molecule has 1 aromatic rings. The van der Waals surface area contributed by atoms with E-state index in [9.17, 15) is 0 Å². The highest BCUT2D eigenvalue weighted by molar-refractivity contribution is 9.10. The maximum atomic E-state index is 9.10. The number of hydrogen-bond acceptors (Lipinski definition) is 3. The number of hydrogen-bond donors (Lipinski definition) is 2. The molecule has 4 heteroatoms. The van der Waals surface area contributed by atoms with E-state index in [-0.39, 0.29) is 12.5 Å². The minimum absolute atomic E-state index is 0.208. The van der Waals surface area contributed by atoms with Crippen LogP contribution in [0.1, 0.15) is 13.3 Å². The third kappa shape index (κ3) is 3.68. The first kappa shape index (κ1) is 13.3. The molecule has 1 atom stereocenters. The van der Waals surface area contributed by atoms with Gasteiger partial charge in [-0.2, -0.15) is 0 Å². The van der Waals surface area contributed by atoms with E-state index in [0.29, 0.717) is 0 Å². The Kier molecular flexibility index (Phi) is 5.63. The maximum Gasteiger partial charge on any atom is 0.142 e. The molecule has 1 aromatic carbocycles. The van der Waals surface area contributed by atoms with Crippen LogP contribution < -0.4 is 10.1 Å². The van der Waals surface area contributed by atoms with Crippen LogP contribution in [0, 0.1) is 5.92 Å². The van der Waals surface area contributed by atoms with E-state index in [0.717, 1.165) is 28.9 Å². The number of benzene rings is 1. The minimum atomic E-state index is 0.208. The van der Waals surface area contributed by atoms with Crippen molar-refractivity contribution in [2.75, 3.05) is 25.6 Å². The van der Waals surface area contributed by atoms with Crippen molar-refractivity contribution in [3.05, 3.63) is 22.7 Å². The Morgan fingerprint density at radius 1 is 1.50 bits per heavy atom. The monoisotopic (exact) mass is 287 g/mol. The molecule has 0 spiro atoms. The molecule has 3 nitrogen and oxygen atoms in total. The molecule has 0 saturated heterocycles. The van der Waals surface area contributed by atoms with Crippen molar-refractivity contribution in [1.82, 2.24) is 0 Å². The lowest BCUT2D eigenvalue weighted by Crippen LogP contribution is -2.17. The molecule has 1 unspecified atom stereocenters. The summed E-state index contributed by atoms with van der Waals surface area (Å²) in [5.74, 6) is 1.10. The van der Waals surface area contributed by atoms with Crippen LogP contribution in [0.25, 0.3) is 0 Å². The van der Waals surface area contributed by atoms with E-state index in [2.05, 4.69) is 28.2 Å². The van der Waals surface area contributed by atoms with E-state index >= 15 is 0 Å². The number of halogens is 1. The number of ether oxygens (including phenoxy) is 1. The maximum absolute atomic E-state index is 9.10. The molecule has 0 amide bonds. The van der Waals surface area contributed by atoms with Gasteiger partial charge in [0.2, 0.25) is 0 Å². The van der Waals surface area contributed by atoms with Crippen LogP contribution in [-0.4, -0.2) is 25.4 Å². The fraction of sp³-hybridized carbons (Fsp3) is 0.500. The van der Waals surface area contributed by atoms with Gasteiger partial charge in [0.25, 0.3) is 0 Å². The van der Waals surface area contributed by atoms with E-state index in [1.165, 1.54) is 0 Å². The lowest BCUT2D eigenvalue weighted by Gasteiger charge is -2.16. The lowest BCUT2D eigenvalue weighted by molar-refractivity contribution is 0.230. The Morgan fingerprint density at radius 2 is 2.25 bits per heavy atom. The van der Waals surface area contributed by atoms with E-state index < -0.39 is 0 Å². The van der Waals surface area contributed by atoms with Gasteiger partial charge < -0.3 is 15.2 Å². The second-order valence-electron chi connectivity index (χ2n) is 3.68. The summed E-state index contributed by atoms with van der Waals surface area (Å²) in [6.07, 6.45) is 0.958. The van der Waals surface area contributed by atoms with Crippen LogP contribution in [0.4, 0.5) is 5.69 Å². The molecule has 0 aromatic heterocycles. The number of aliphatic hydroxyl groups is 1. The minimum Gasteiger partial charge on any atom is -0.495 e. The van der Waals surface area contributed by atoms with Crippen LogP contribution in [0.2, 0.25) is 0 Å². The van der Waals surface area contributed by atoms with Gasteiger partial charge in [0.05, 0.1) is 12.8 Å². The number of rotatable bonds is 6. The smallest absolute Gasteiger partial charge is 0.142 e. The molecule has 90 valence electrons. The first-order valence-electron chi connectivity index (χ1n) is 5.39. The average molecular weight is 288 g/mol. The van der Waals surface area contributed by atoms with Gasteiger partial charge >= 0.3 is 0 Å². The summed E-state index contributed by atoms with van der Waals surface area (Å²) in [7, 11) is 1.65. The summed E-state index contributed by atoms with van der Waals surface area (Å²) in [6.45, 7) is 3.03. The lowest BCUT2D eigenvalue weighted by atomic mass is 10.1. The summed E-state index contributed by atoms with van der Waals surface area (Å²) in [4.78, 5) is 0. The predicted molar refractivity (Wildman–Crippen MR) is 70.1 cm³/mol. The Labute approximate surface area is 105 Å². The van der Waals surface area contributed by atoms with Crippen LogP contribution in [-0.2, 0) is 0 Å². The number of nitrogens with one attached hydrogen (secondary N) is 1. The number of anilines is 1. The summed E-state index contributed by atoms with van der Waals surface area (Å²) in [5, 5.41) is 12.4. The van der Waals surface area contributed by atoms with Gasteiger partial charge in [0, 0.05) is 17.6 Å². The van der Waals surface area contributed by atoms with Crippen LogP contribution in [0.5, 0.6) is 5.75 Å². The highest BCUT2D eigenvalue weighted by atomic mass is 79.9. The third-order valence-corrected chi connectivity index (χ3v) is 3.07. The van der Waals surface area contributed by atoms with Gasteiger partial charge in [0.15, 0.2) is 0 Å². The second kappa shape index (κ2) is 6.76. The number of methoxy groups -OCH3 is 1. The normalized spacial score (nSPS) is 12.2. The zero-order valence-electron chi connectivity index (χ0n) is 9.66. The fourth-order valence-electron chi connectivity index (χ4n) is 1.41. The molecule has 0 saturated carbocycles. The molecule has 16 heavy (non-hydrogen) atoms. The summed E-state index contributed by atoms with van der Waals surface area (Å²) >= 11 is 3.42. The van der Waals surface area contributed by atoms with Crippen LogP contribution in [0.15, 0.2) is 22.7 Å². The van der Waals surface area contributed by atoms with Crippen molar-refractivity contribution in [1.29, 1.82) is 0 Å². The Hall–Kier alpha value is -0.740. The third-order valence-electron chi connectivity index (χ3n) is 2.58. The highest BCUT2D eigenvalue weighted by Crippen LogP contribution is 2.28. The van der Waals surface area contributed by atoms with E-state index in [1.54, 1.807) is 7.11 Å². The zero-order chi connectivity index (χ0) is 12.0. The van der Waals surface area contributed by atoms with E-state index in [1.807, 2.05) is 18.2 Å². The van der Waals surface area contributed by atoms with Gasteiger partial charge in [-0.3, -0.25) is 0 Å². The topological polar surface area (TPSA) is 41.5 Å². The molecule has 1 rings (SSSR count). The van der Waals surface area contributed by atoms with E-state index in [4.69, 9.17) is 9.84 Å². The first-order chi connectivity index (χ1) is 7.71. The molecule has 0 heterocycles. The van der Waals surface area contributed by atoms with Gasteiger partial charge in [-0.1, -0.05) is 22.9 Å². The average Bonchev–Trinajstić information content (AvgIpc) is 2.30. The summed E-state index contributed by atoms with van der Waals surface area (Å²) in [5.41, 5.74) is 0.948. The number of aliphatic hydroxyl groups excluding tert-OH is 1. The first-order valence-corrected chi connectivity index (χ1v) is 6.18. The molecule has 0 fully saturated rings. The highest BCUT2D eigenvalue weighted by Gasteiger charge is 2.07. The molecule has 0 aliphatic carbocycles. The Bertz CT molecular complexity index is 327. The molecular formula is C12H18BrNO2. The van der Waals surface area contributed by atoms with Crippen LogP contribution >= 0.6 is 15.9 Å². The zero-order valence-corrected chi connectivity index (χ0v) is 11.3. The van der Waals surface area contributed by atoms with Crippen molar-refractivity contribution in [2.45, 2.75) is 13.3 Å². The summed E-state index contributed by atoms with van der Waals surface area (Å²) in [6, 6.07) is 5.82. The van der Waals surface area contributed by atoms with Crippen molar-refractivity contribution in [3.8, 4) is 5.75 Å². The van der Waals surface area contributed by atoms with Gasteiger partial charge in [-0.25, -0.2) is 0 Å². The molecule has 0 bridgehead atoms. The van der Waals surface area contributed by atoms with Crippen molar-refractivity contribution < 1.29 is 9.84 Å². The Balaban J connectivity index is 2.68. The van der Waals surface area contributed by atoms with Crippen LogP contribution in [0.3, 0.4) is 0 Å². The fourth-order valence-corrected chi connectivity index (χ4v) is 1.77. The van der Waals surface area contributed by atoms with Crippen molar-refractivity contribution in [3.63, 3.8) is 0 Å². The standard InChI is InChI=1S/C12H18BrNO2/c1-3-9(8-15)7-14-11-6-10(13)4-5-12(11)16-2/h4-6,9,14-15H,3,7-8H2,1-2H3. The van der Waals surface area contributed by atoms with Gasteiger partial charge in [0.1, 0.15) is 5.75 Å².